The summed E-state index contributed by atoms with van der Waals surface area (Å²) in [7, 11) is -3.68. The van der Waals surface area contributed by atoms with Crippen molar-refractivity contribution in [2.24, 2.45) is 0 Å². The van der Waals surface area contributed by atoms with Crippen LogP contribution < -0.4 is 10.1 Å². The van der Waals surface area contributed by atoms with E-state index in [1.165, 1.54) is 16.4 Å². The van der Waals surface area contributed by atoms with Gasteiger partial charge in [0.25, 0.3) is 15.9 Å². The smallest absolute Gasteiger partial charge is 0.287 e. The topological polar surface area (TPSA) is 88.8 Å². The predicted octanol–water partition coefficient (Wildman–Crippen LogP) is 3.79. The fourth-order valence-electron chi connectivity index (χ4n) is 3.25. The van der Waals surface area contributed by atoms with Gasteiger partial charge >= 0.3 is 0 Å². The van der Waals surface area contributed by atoms with Gasteiger partial charge < -0.3 is 14.5 Å². The van der Waals surface area contributed by atoms with Gasteiger partial charge in [0.15, 0.2) is 5.76 Å². The number of hydrogen-bond acceptors (Lipinski definition) is 5. The summed E-state index contributed by atoms with van der Waals surface area (Å²) in [6, 6.07) is 19.5. The fourth-order valence-corrected chi connectivity index (χ4v) is 4.68. The molecule has 156 valence electrons. The number of rotatable bonds is 7. The molecule has 0 aliphatic carbocycles. The SMILES string of the molecule is O=C(NCc1cccc(Oc2ccccc2)c1)c1ccc(S(=O)(=O)N2CCCC2)o1. The van der Waals surface area contributed by atoms with Crippen LogP contribution in [0, 0.1) is 0 Å². The van der Waals surface area contributed by atoms with E-state index in [4.69, 9.17) is 9.15 Å². The molecule has 0 spiro atoms. The lowest BCUT2D eigenvalue weighted by Gasteiger charge is -2.12. The molecule has 1 aromatic heterocycles. The molecule has 7 nitrogen and oxygen atoms in total. The minimum absolute atomic E-state index is 0.0375. The molecule has 1 aliphatic rings. The Morgan fingerprint density at radius 1 is 0.967 bits per heavy atom. The van der Waals surface area contributed by atoms with Crippen LogP contribution in [0.3, 0.4) is 0 Å². The molecule has 1 amide bonds. The number of benzene rings is 2. The summed E-state index contributed by atoms with van der Waals surface area (Å²) in [5.74, 6) is 0.864. The van der Waals surface area contributed by atoms with Crippen LogP contribution in [0.25, 0.3) is 0 Å². The van der Waals surface area contributed by atoms with Gasteiger partial charge in [0.1, 0.15) is 11.5 Å². The van der Waals surface area contributed by atoms with E-state index in [0.717, 1.165) is 24.2 Å². The number of carbonyl (C=O) groups excluding carboxylic acids is 1. The number of amides is 1. The third-order valence-corrected chi connectivity index (χ3v) is 6.57. The number of carbonyl (C=O) groups is 1. The molecule has 1 aliphatic heterocycles. The highest BCUT2D eigenvalue weighted by Crippen LogP contribution is 2.23. The second kappa shape index (κ2) is 8.73. The molecular weight excluding hydrogens is 404 g/mol. The summed E-state index contributed by atoms with van der Waals surface area (Å²) in [4.78, 5) is 12.4. The monoisotopic (exact) mass is 426 g/mol. The van der Waals surface area contributed by atoms with E-state index in [1.54, 1.807) is 0 Å². The Labute approximate surface area is 175 Å². The van der Waals surface area contributed by atoms with Gasteiger partial charge in [-0.2, -0.15) is 4.31 Å². The van der Waals surface area contributed by atoms with Crippen molar-refractivity contribution in [1.82, 2.24) is 9.62 Å². The predicted molar refractivity (Wildman–Crippen MR) is 111 cm³/mol. The number of nitrogens with one attached hydrogen (secondary N) is 1. The lowest BCUT2D eigenvalue weighted by molar-refractivity contribution is 0.0917. The van der Waals surface area contributed by atoms with Crippen molar-refractivity contribution in [3.05, 3.63) is 78.1 Å². The standard InChI is InChI=1S/C22H22N2O5S/c25-22(20-11-12-21(29-20)30(26,27)24-13-4-5-14-24)23-16-17-7-6-10-19(15-17)28-18-8-2-1-3-9-18/h1-3,6-12,15H,4-5,13-14,16H2,(H,23,25). The zero-order valence-electron chi connectivity index (χ0n) is 16.3. The van der Waals surface area contributed by atoms with Crippen LogP contribution in [0.4, 0.5) is 0 Å². The third kappa shape index (κ3) is 4.55. The van der Waals surface area contributed by atoms with Crippen molar-refractivity contribution in [3.63, 3.8) is 0 Å². The van der Waals surface area contributed by atoms with Gasteiger partial charge in [0, 0.05) is 19.6 Å². The summed E-state index contributed by atoms with van der Waals surface area (Å²) in [5, 5.41) is 2.54. The largest absolute Gasteiger partial charge is 0.457 e. The maximum absolute atomic E-state index is 12.5. The van der Waals surface area contributed by atoms with Crippen LogP contribution in [0.15, 0.2) is 76.2 Å². The van der Waals surface area contributed by atoms with Crippen molar-refractivity contribution in [2.75, 3.05) is 13.1 Å². The van der Waals surface area contributed by atoms with Crippen LogP contribution in [-0.4, -0.2) is 31.7 Å². The lowest BCUT2D eigenvalue weighted by Crippen LogP contribution is -2.27. The molecule has 0 bridgehead atoms. The Bertz CT molecular complexity index is 1120. The molecule has 0 saturated carbocycles. The summed E-state index contributed by atoms with van der Waals surface area (Å²) < 4.78 is 37.6. The molecular formula is C22H22N2O5S. The van der Waals surface area contributed by atoms with Crippen molar-refractivity contribution >= 4 is 15.9 Å². The quantitative estimate of drug-likeness (QED) is 0.621. The van der Waals surface area contributed by atoms with Gasteiger partial charge in [-0.3, -0.25) is 4.79 Å². The third-order valence-electron chi connectivity index (χ3n) is 4.79. The molecule has 30 heavy (non-hydrogen) atoms. The molecule has 8 heteroatoms. The van der Waals surface area contributed by atoms with Crippen LogP contribution in [0.5, 0.6) is 11.5 Å². The number of nitrogens with zero attached hydrogens (tertiary/aromatic N) is 1. The summed E-state index contributed by atoms with van der Waals surface area (Å²) >= 11 is 0. The Morgan fingerprint density at radius 3 is 2.47 bits per heavy atom. The molecule has 4 rings (SSSR count). The van der Waals surface area contributed by atoms with Gasteiger partial charge in [-0.1, -0.05) is 30.3 Å². The first-order valence-corrected chi connectivity index (χ1v) is 11.2. The Kier molecular flexibility index (Phi) is 5.87. The maximum atomic E-state index is 12.5. The first-order valence-electron chi connectivity index (χ1n) is 9.72. The van der Waals surface area contributed by atoms with Crippen molar-refractivity contribution in [1.29, 1.82) is 0 Å². The molecule has 3 aromatic rings. The van der Waals surface area contributed by atoms with Gasteiger partial charge in [0.2, 0.25) is 5.09 Å². The molecule has 0 unspecified atom stereocenters. The molecule has 0 atom stereocenters. The van der Waals surface area contributed by atoms with E-state index >= 15 is 0 Å². The van der Waals surface area contributed by atoms with Crippen molar-refractivity contribution in [2.45, 2.75) is 24.5 Å². The molecule has 1 N–H and O–H groups in total. The molecule has 2 aromatic carbocycles. The molecule has 0 radical (unpaired) electrons. The van der Waals surface area contributed by atoms with Gasteiger partial charge in [-0.15, -0.1) is 0 Å². The summed E-state index contributed by atoms with van der Waals surface area (Å²) in [6.45, 7) is 1.21. The molecule has 1 saturated heterocycles. The van der Waals surface area contributed by atoms with Crippen LogP contribution in [0.2, 0.25) is 0 Å². The number of furan rings is 1. The van der Waals surface area contributed by atoms with E-state index < -0.39 is 15.9 Å². The summed E-state index contributed by atoms with van der Waals surface area (Å²) in [6.07, 6.45) is 1.67. The first-order chi connectivity index (χ1) is 14.5. The minimum atomic E-state index is -3.68. The van der Waals surface area contributed by atoms with Gasteiger partial charge in [-0.25, -0.2) is 8.42 Å². The average Bonchev–Trinajstić information content (AvgIpc) is 3.46. The Morgan fingerprint density at radius 2 is 1.70 bits per heavy atom. The highest BCUT2D eigenvalue weighted by atomic mass is 32.2. The van der Waals surface area contributed by atoms with Gasteiger partial charge in [-0.05, 0) is 54.8 Å². The van der Waals surface area contributed by atoms with Crippen molar-refractivity contribution in [3.8, 4) is 11.5 Å². The van der Waals surface area contributed by atoms with Crippen molar-refractivity contribution < 1.29 is 22.4 Å². The number of ether oxygens (including phenoxy) is 1. The normalized spacial score (nSPS) is 14.5. The number of sulfonamides is 1. The zero-order valence-corrected chi connectivity index (χ0v) is 17.1. The van der Waals surface area contributed by atoms with E-state index in [9.17, 15) is 13.2 Å². The van der Waals surface area contributed by atoms with E-state index in [1.807, 2.05) is 54.6 Å². The first kappa shape index (κ1) is 20.2. The minimum Gasteiger partial charge on any atom is -0.457 e. The highest BCUT2D eigenvalue weighted by Gasteiger charge is 2.30. The van der Waals surface area contributed by atoms with Crippen LogP contribution in [0.1, 0.15) is 29.0 Å². The summed E-state index contributed by atoms with van der Waals surface area (Å²) in [5.41, 5.74) is 0.841. The molecule has 1 fully saturated rings. The average molecular weight is 426 g/mol. The Hall–Kier alpha value is -3.10. The lowest BCUT2D eigenvalue weighted by atomic mass is 10.2. The fraction of sp³-hybridized carbons (Fsp3) is 0.227. The second-order valence-corrected chi connectivity index (χ2v) is 8.84. The van der Waals surface area contributed by atoms with Crippen LogP contribution in [-0.2, 0) is 16.6 Å². The van der Waals surface area contributed by atoms with E-state index in [-0.39, 0.29) is 17.4 Å². The Balaban J connectivity index is 1.38. The van der Waals surface area contributed by atoms with E-state index in [0.29, 0.717) is 18.8 Å². The second-order valence-electron chi connectivity index (χ2n) is 6.98. The zero-order chi connectivity index (χ0) is 21.0. The highest BCUT2D eigenvalue weighted by molar-refractivity contribution is 7.89. The van der Waals surface area contributed by atoms with Gasteiger partial charge in [0.05, 0.1) is 0 Å². The van der Waals surface area contributed by atoms with Crippen LogP contribution >= 0.6 is 0 Å². The molecule has 2 heterocycles. The number of para-hydroxylation sites is 1. The van der Waals surface area contributed by atoms with E-state index in [2.05, 4.69) is 5.32 Å². The maximum Gasteiger partial charge on any atom is 0.287 e. The number of hydrogen-bond donors (Lipinski definition) is 1.